The van der Waals surface area contributed by atoms with E-state index in [1.807, 2.05) is 11.3 Å². The lowest BCUT2D eigenvalue weighted by atomic mass is 9.36. The van der Waals surface area contributed by atoms with E-state index in [1.54, 1.807) is 0 Å². The SMILES string of the molecule is Cc1cc2c3c(c1)N1c4c(cccc4-n4c5ccccc5c5cccc1c54)B3c1sc3ccc(-c4ccccc4)cc3c1N2c1cccc2c1oc1ccccc12. The largest absolute Gasteiger partial charge is 0.454 e. The number of rotatable bonds is 2. The van der Waals surface area contributed by atoms with Crippen LogP contribution in [0.3, 0.4) is 0 Å². The number of para-hydroxylation sites is 5. The molecule has 57 heavy (non-hydrogen) atoms. The van der Waals surface area contributed by atoms with Crippen molar-refractivity contribution in [2.45, 2.75) is 6.92 Å². The molecule has 11 aromatic rings. The fourth-order valence-electron chi connectivity index (χ4n) is 10.5. The molecule has 6 heterocycles. The highest BCUT2D eigenvalue weighted by molar-refractivity contribution is 7.33. The second-order valence-corrected chi connectivity index (χ2v) is 16.8. The van der Waals surface area contributed by atoms with Gasteiger partial charge in [-0.1, -0.05) is 109 Å². The first-order chi connectivity index (χ1) is 28.2. The third-order valence-corrected chi connectivity index (χ3v) is 13.9. The summed E-state index contributed by atoms with van der Waals surface area (Å²) in [5.74, 6) is 0. The van der Waals surface area contributed by atoms with Gasteiger partial charge in [-0.05, 0) is 89.1 Å². The minimum absolute atomic E-state index is 0.0306. The van der Waals surface area contributed by atoms with Crippen molar-refractivity contribution in [3.05, 3.63) is 169 Å². The Morgan fingerprint density at radius 3 is 2.09 bits per heavy atom. The Kier molecular flexibility index (Phi) is 5.64. The molecule has 14 rings (SSSR count). The molecule has 0 bridgehead atoms. The van der Waals surface area contributed by atoms with Crippen LogP contribution in [0.25, 0.3) is 70.6 Å². The van der Waals surface area contributed by atoms with E-state index in [0.717, 1.165) is 27.6 Å². The smallest absolute Gasteiger partial charge is 0.264 e. The molecule has 0 amide bonds. The van der Waals surface area contributed by atoms with Crippen LogP contribution in [-0.2, 0) is 0 Å². The summed E-state index contributed by atoms with van der Waals surface area (Å²) in [6, 6.07) is 60.5. The van der Waals surface area contributed by atoms with Gasteiger partial charge >= 0.3 is 0 Å². The summed E-state index contributed by atoms with van der Waals surface area (Å²) in [5.41, 5.74) is 19.1. The Morgan fingerprint density at radius 2 is 1.21 bits per heavy atom. The molecule has 8 aromatic carbocycles. The first-order valence-electron chi connectivity index (χ1n) is 19.6. The molecule has 4 nitrogen and oxygen atoms in total. The van der Waals surface area contributed by atoms with Gasteiger partial charge in [0.25, 0.3) is 6.71 Å². The molecule has 0 atom stereocenters. The molecule has 0 unspecified atom stereocenters. The summed E-state index contributed by atoms with van der Waals surface area (Å²) >= 11 is 1.94. The molecule has 3 aliphatic heterocycles. The molecule has 0 saturated heterocycles. The Labute approximate surface area is 332 Å². The highest BCUT2D eigenvalue weighted by Gasteiger charge is 2.48. The van der Waals surface area contributed by atoms with Crippen LogP contribution in [-0.4, -0.2) is 11.3 Å². The van der Waals surface area contributed by atoms with E-state index >= 15 is 0 Å². The van der Waals surface area contributed by atoms with Crippen molar-refractivity contribution in [1.82, 2.24) is 4.57 Å². The number of anilines is 6. The average Bonchev–Trinajstić information content (AvgIpc) is 3.94. The van der Waals surface area contributed by atoms with Crippen molar-refractivity contribution in [3.8, 4) is 16.8 Å². The molecule has 0 N–H and O–H groups in total. The standard InChI is InChI=1S/C51H30BN3OS/c1-29-26-42-46-43(27-29)55(41-22-10-17-35-33-15-6-8-23-44(33)56-50(35)41)48-36-28-31(30-12-3-2-4-13-30)24-25-45(36)57-51(48)52(46)37-18-11-21-40-49(37)54(42)39-20-9-16-34-32-14-5-7-19-38(32)53(40)47(34)39/h2-28H,1H3. The van der Waals surface area contributed by atoms with Gasteiger partial charge in [0.2, 0.25) is 0 Å². The number of aryl methyl sites for hydroxylation is 1. The minimum atomic E-state index is 0.0306. The van der Waals surface area contributed by atoms with Gasteiger partial charge in [-0.15, -0.1) is 11.3 Å². The first kappa shape index (κ1) is 30.2. The summed E-state index contributed by atoms with van der Waals surface area (Å²) in [4.78, 5) is 5.13. The zero-order valence-electron chi connectivity index (χ0n) is 30.8. The summed E-state index contributed by atoms with van der Waals surface area (Å²) in [7, 11) is 0. The molecule has 3 aromatic heterocycles. The maximum Gasteiger partial charge on any atom is 0.264 e. The van der Waals surface area contributed by atoms with Crippen LogP contribution in [0.1, 0.15) is 5.56 Å². The highest BCUT2D eigenvalue weighted by Crippen LogP contribution is 2.54. The number of hydrogen-bond acceptors (Lipinski definition) is 4. The second-order valence-electron chi connectivity index (χ2n) is 15.7. The fourth-order valence-corrected chi connectivity index (χ4v) is 11.8. The predicted octanol–water partition coefficient (Wildman–Crippen LogP) is 12.3. The van der Waals surface area contributed by atoms with E-state index < -0.39 is 0 Å². The number of fused-ring (bicyclic) bond motifs is 14. The highest BCUT2D eigenvalue weighted by atomic mass is 32.1. The van der Waals surface area contributed by atoms with E-state index in [9.17, 15) is 0 Å². The van der Waals surface area contributed by atoms with Gasteiger partial charge in [0.1, 0.15) is 5.58 Å². The van der Waals surface area contributed by atoms with E-state index in [4.69, 9.17) is 4.42 Å². The van der Waals surface area contributed by atoms with Crippen LogP contribution < -0.4 is 25.5 Å². The number of nitrogens with zero attached hydrogens (tertiary/aromatic N) is 3. The quantitative estimate of drug-likeness (QED) is 0.165. The van der Waals surface area contributed by atoms with E-state index in [0.29, 0.717) is 0 Å². The van der Waals surface area contributed by atoms with Gasteiger partial charge < -0.3 is 18.8 Å². The van der Waals surface area contributed by atoms with Gasteiger partial charge in [-0.3, -0.25) is 0 Å². The lowest BCUT2D eigenvalue weighted by Crippen LogP contribution is -2.61. The topological polar surface area (TPSA) is 24.6 Å². The molecule has 0 aliphatic carbocycles. The minimum Gasteiger partial charge on any atom is -0.454 e. The monoisotopic (exact) mass is 743 g/mol. The number of benzene rings is 8. The Bertz CT molecular complexity index is 3580. The van der Waals surface area contributed by atoms with Crippen LogP contribution in [0.4, 0.5) is 34.1 Å². The van der Waals surface area contributed by atoms with Crippen LogP contribution in [0.15, 0.2) is 168 Å². The Morgan fingerprint density at radius 1 is 0.509 bits per heavy atom. The van der Waals surface area contributed by atoms with E-state index in [2.05, 4.69) is 185 Å². The number of aromatic nitrogens is 1. The maximum absolute atomic E-state index is 6.85. The zero-order chi connectivity index (χ0) is 37.1. The summed E-state index contributed by atoms with van der Waals surface area (Å²) in [5, 5.41) is 6.08. The van der Waals surface area contributed by atoms with E-state index in [-0.39, 0.29) is 6.71 Å². The van der Waals surface area contributed by atoms with Crippen LogP contribution >= 0.6 is 11.3 Å². The van der Waals surface area contributed by atoms with Crippen molar-refractivity contribution in [1.29, 1.82) is 0 Å². The third kappa shape index (κ3) is 3.74. The Hall–Kier alpha value is -7.02. The second kappa shape index (κ2) is 10.6. The van der Waals surface area contributed by atoms with Crippen molar-refractivity contribution in [3.63, 3.8) is 0 Å². The summed E-state index contributed by atoms with van der Waals surface area (Å²) < 4.78 is 12.0. The predicted molar refractivity (Wildman–Crippen MR) is 241 cm³/mol. The molecule has 0 spiro atoms. The maximum atomic E-state index is 6.85. The van der Waals surface area contributed by atoms with Gasteiger partial charge in [0.05, 0.1) is 39.5 Å². The van der Waals surface area contributed by atoms with Crippen molar-refractivity contribution < 1.29 is 4.42 Å². The third-order valence-electron chi connectivity index (χ3n) is 12.7. The lowest BCUT2D eigenvalue weighted by molar-refractivity contribution is 0.669. The number of furan rings is 1. The van der Waals surface area contributed by atoms with Gasteiger partial charge in [0, 0.05) is 47.8 Å². The van der Waals surface area contributed by atoms with Crippen molar-refractivity contribution in [2.24, 2.45) is 0 Å². The normalized spacial score (nSPS) is 13.6. The van der Waals surface area contributed by atoms with Gasteiger partial charge in [-0.2, -0.15) is 0 Å². The van der Waals surface area contributed by atoms with Crippen molar-refractivity contribution in [2.75, 3.05) is 9.80 Å². The van der Waals surface area contributed by atoms with Gasteiger partial charge in [0.15, 0.2) is 5.58 Å². The summed E-state index contributed by atoms with van der Waals surface area (Å²) in [6.45, 7) is 2.28. The fraction of sp³-hybridized carbons (Fsp3) is 0.0196. The Balaban J connectivity index is 1.14. The van der Waals surface area contributed by atoms with Crippen molar-refractivity contribution >= 4 is 122 Å². The lowest BCUT2D eigenvalue weighted by Gasteiger charge is -2.45. The van der Waals surface area contributed by atoms with E-state index in [1.165, 1.54) is 98.4 Å². The molecule has 264 valence electrons. The van der Waals surface area contributed by atoms with Gasteiger partial charge in [-0.25, -0.2) is 0 Å². The number of thiophene rings is 1. The molecule has 6 heteroatoms. The first-order valence-corrected chi connectivity index (χ1v) is 20.5. The zero-order valence-corrected chi connectivity index (χ0v) is 31.6. The molecule has 0 saturated carbocycles. The van der Waals surface area contributed by atoms with Crippen LogP contribution in [0.2, 0.25) is 0 Å². The summed E-state index contributed by atoms with van der Waals surface area (Å²) in [6.07, 6.45) is 0. The van der Waals surface area contributed by atoms with Crippen LogP contribution in [0.5, 0.6) is 0 Å². The average molecular weight is 744 g/mol. The molecular weight excluding hydrogens is 713 g/mol. The number of hydrogen-bond donors (Lipinski definition) is 0. The molecule has 0 fully saturated rings. The molecule has 0 radical (unpaired) electrons. The van der Waals surface area contributed by atoms with Crippen LogP contribution in [0, 0.1) is 6.92 Å². The molecule has 3 aliphatic rings. The molecular formula is C51H30BN3OS.